The van der Waals surface area contributed by atoms with E-state index < -0.39 is 28.2 Å². The molecule has 1 unspecified atom stereocenters. The van der Waals surface area contributed by atoms with Crippen molar-refractivity contribution in [2.24, 2.45) is 5.10 Å². The topological polar surface area (TPSA) is 121 Å². The molecule has 1 aliphatic heterocycles. The summed E-state index contributed by atoms with van der Waals surface area (Å²) < 4.78 is 46.5. The van der Waals surface area contributed by atoms with E-state index in [1.165, 1.54) is 18.3 Å². The standard InChI is InChI=1S/C21H23FN4O5S/c1-3-24-25-15(2)19-8-7-17(12-23-19)31-13-16-5-4-6-18(11-16)32(29,30)26-10-9-21(22,14-26)20(27)28/h3-8,11-12,25H,2,9-10,13-14H2,1H3,(H,27,28)/b24-3-. The molecule has 3 rings (SSSR count). The first kappa shape index (κ1) is 23.4. The molecule has 0 radical (unpaired) electrons. The van der Waals surface area contributed by atoms with E-state index in [9.17, 15) is 17.6 Å². The molecule has 0 saturated carbocycles. The van der Waals surface area contributed by atoms with E-state index in [0.29, 0.717) is 22.7 Å². The maximum atomic E-state index is 14.3. The molecule has 0 spiro atoms. The van der Waals surface area contributed by atoms with E-state index in [1.54, 1.807) is 37.4 Å². The Bertz CT molecular complexity index is 1140. The molecule has 1 atom stereocenters. The third kappa shape index (κ3) is 5.11. The number of sulfonamides is 1. The normalized spacial score (nSPS) is 19.2. The Labute approximate surface area is 185 Å². The number of hydrazone groups is 1. The minimum absolute atomic E-state index is 0.0550. The zero-order valence-electron chi connectivity index (χ0n) is 17.4. The van der Waals surface area contributed by atoms with Crippen LogP contribution in [0.4, 0.5) is 4.39 Å². The second-order valence-electron chi connectivity index (χ2n) is 7.15. The lowest BCUT2D eigenvalue weighted by Gasteiger charge is -2.18. The molecule has 11 heteroatoms. The van der Waals surface area contributed by atoms with E-state index >= 15 is 0 Å². The largest absolute Gasteiger partial charge is 0.487 e. The number of rotatable bonds is 9. The van der Waals surface area contributed by atoms with Gasteiger partial charge in [0, 0.05) is 19.2 Å². The fourth-order valence-corrected chi connectivity index (χ4v) is 4.63. The monoisotopic (exact) mass is 462 g/mol. The Morgan fingerprint density at radius 2 is 2.22 bits per heavy atom. The van der Waals surface area contributed by atoms with Gasteiger partial charge in [-0.3, -0.25) is 10.4 Å². The molecule has 1 fully saturated rings. The molecule has 1 saturated heterocycles. The van der Waals surface area contributed by atoms with Crippen LogP contribution in [0.25, 0.3) is 5.70 Å². The molecule has 1 aromatic carbocycles. The van der Waals surface area contributed by atoms with Crippen LogP contribution in [-0.2, 0) is 21.4 Å². The number of benzene rings is 1. The van der Waals surface area contributed by atoms with Crippen molar-refractivity contribution >= 4 is 27.9 Å². The SMILES string of the molecule is C=C(N/N=C\C)c1ccc(OCc2cccc(S(=O)(=O)N3CCC(F)(C(=O)O)C3)c2)cn1. The van der Waals surface area contributed by atoms with Crippen LogP contribution >= 0.6 is 0 Å². The highest BCUT2D eigenvalue weighted by atomic mass is 32.2. The summed E-state index contributed by atoms with van der Waals surface area (Å²) in [5.74, 6) is -1.19. The number of hydrogen-bond donors (Lipinski definition) is 2. The third-order valence-electron chi connectivity index (χ3n) is 4.88. The van der Waals surface area contributed by atoms with Gasteiger partial charge in [0.05, 0.1) is 29.0 Å². The fraction of sp³-hybridized carbons (Fsp3) is 0.286. The molecule has 0 aliphatic carbocycles. The highest BCUT2D eigenvalue weighted by molar-refractivity contribution is 7.89. The summed E-state index contributed by atoms with van der Waals surface area (Å²) in [6.07, 6.45) is 2.70. The summed E-state index contributed by atoms with van der Waals surface area (Å²) in [4.78, 5) is 15.3. The van der Waals surface area contributed by atoms with Crippen LogP contribution < -0.4 is 10.2 Å². The summed E-state index contributed by atoms with van der Waals surface area (Å²) in [6, 6.07) is 9.44. The minimum atomic E-state index is -4.04. The molecule has 9 nitrogen and oxygen atoms in total. The van der Waals surface area contributed by atoms with E-state index in [-0.39, 0.29) is 24.5 Å². The average molecular weight is 463 g/mol. The van der Waals surface area contributed by atoms with Gasteiger partial charge in [-0.25, -0.2) is 17.6 Å². The molecule has 0 bridgehead atoms. The average Bonchev–Trinajstić information content (AvgIpc) is 3.21. The second kappa shape index (κ2) is 9.45. The van der Waals surface area contributed by atoms with Gasteiger partial charge in [0.15, 0.2) is 0 Å². The first-order valence-electron chi connectivity index (χ1n) is 9.69. The number of alkyl halides is 1. The second-order valence-corrected chi connectivity index (χ2v) is 9.09. The summed E-state index contributed by atoms with van der Waals surface area (Å²) in [7, 11) is -4.04. The fourth-order valence-electron chi connectivity index (χ4n) is 3.07. The van der Waals surface area contributed by atoms with E-state index in [4.69, 9.17) is 9.84 Å². The highest BCUT2D eigenvalue weighted by Crippen LogP contribution is 2.30. The number of aromatic nitrogens is 1. The van der Waals surface area contributed by atoms with Gasteiger partial charge >= 0.3 is 5.97 Å². The van der Waals surface area contributed by atoms with Crippen LogP contribution in [-0.4, -0.2) is 53.8 Å². The summed E-state index contributed by atoms with van der Waals surface area (Å²) in [5.41, 5.74) is 1.85. The Morgan fingerprint density at radius 3 is 2.84 bits per heavy atom. The van der Waals surface area contributed by atoms with Crippen LogP contribution in [0.15, 0.2) is 59.2 Å². The van der Waals surface area contributed by atoms with Crippen LogP contribution in [0.1, 0.15) is 24.6 Å². The van der Waals surface area contributed by atoms with Crippen molar-refractivity contribution in [2.45, 2.75) is 30.5 Å². The maximum absolute atomic E-state index is 14.3. The van der Waals surface area contributed by atoms with Gasteiger partial charge in [-0.05, 0) is 36.8 Å². The quantitative estimate of drug-likeness (QED) is 0.434. The molecule has 32 heavy (non-hydrogen) atoms. The molecule has 1 aromatic heterocycles. The van der Waals surface area contributed by atoms with E-state index in [2.05, 4.69) is 22.1 Å². The number of halogens is 1. The van der Waals surface area contributed by atoms with E-state index in [0.717, 1.165) is 4.31 Å². The molecule has 2 heterocycles. The van der Waals surface area contributed by atoms with Crippen LogP contribution in [0.3, 0.4) is 0 Å². The highest BCUT2D eigenvalue weighted by Gasteiger charge is 2.49. The molecular formula is C21H23FN4O5S. The number of hydrogen-bond acceptors (Lipinski definition) is 7. The van der Waals surface area contributed by atoms with Gasteiger partial charge in [-0.1, -0.05) is 18.7 Å². The zero-order chi connectivity index (χ0) is 23.4. The minimum Gasteiger partial charge on any atom is -0.487 e. The van der Waals surface area contributed by atoms with Gasteiger partial charge < -0.3 is 9.84 Å². The van der Waals surface area contributed by atoms with Crippen molar-refractivity contribution in [1.29, 1.82) is 0 Å². The van der Waals surface area contributed by atoms with E-state index in [1.807, 2.05) is 0 Å². The van der Waals surface area contributed by atoms with Crippen LogP contribution in [0, 0.1) is 0 Å². The Morgan fingerprint density at radius 1 is 1.44 bits per heavy atom. The Balaban J connectivity index is 1.66. The number of nitrogens with zero attached hydrogens (tertiary/aromatic N) is 3. The first-order valence-corrected chi connectivity index (χ1v) is 11.1. The van der Waals surface area contributed by atoms with Crippen molar-refractivity contribution in [3.05, 3.63) is 60.4 Å². The lowest BCUT2D eigenvalue weighted by molar-refractivity contribution is -0.149. The predicted octanol–water partition coefficient (Wildman–Crippen LogP) is 2.41. The lowest BCUT2D eigenvalue weighted by Crippen LogP contribution is -2.38. The van der Waals surface area contributed by atoms with Gasteiger partial charge in [0.25, 0.3) is 0 Å². The Hall–Kier alpha value is -3.31. The summed E-state index contributed by atoms with van der Waals surface area (Å²) in [5, 5.41) is 12.9. The van der Waals surface area contributed by atoms with Gasteiger partial charge in [-0.15, -0.1) is 0 Å². The molecule has 2 N–H and O–H groups in total. The van der Waals surface area contributed by atoms with Gasteiger partial charge in [-0.2, -0.15) is 9.41 Å². The molecule has 1 aliphatic rings. The first-order chi connectivity index (χ1) is 15.2. The predicted molar refractivity (Wildman–Crippen MR) is 116 cm³/mol. The summed E-state index contributed by atoms with van der Waals surface area (Å²) in [6.45, 7) is 4.75. The van der Waals surface area contributed by atoms with Crippen LogP contribution in [0.2, 0.25) is 0 Å². The molecule has 170 valence electrons. The number of pyridine rings is 1. The van der Waals surface area contributed by atoms with Crippen molar-refractivity contribution in [2.75, 3.05) is 13.1 Å². The van der Waals surface area contributed by atoms with Crippen molar-refractivity contribution < 1.29 is 27.4 Å². The number of carboxylic acid groups (broad SMARTS) is 1. The number of carboxylic acids is 1. The maximum Gasteiger partial charge on any atom is 0.342 e. The number of carbonyl (C=O) groups is 1. The number of nitrogens with one attached hydrogen (secondary N) is 1. The van der Waals surface area contributed by atoms with Crippen molar-refractivity contribution in [3.63, 3.8) is 0 Å². The van der Waals surface area contributed by atoms with Gasteiger partial charge in [0.1, 0.15) is 12.4 Å². The van der Waals surface area contributed by atoms with Crippen LogP contribution in [0.5, 0.6) is 5.75 Å². The molecule has 0 amide bonds. The number of ether oxygens (including phenoxy) is 1. The summed E-state index contributed by atoms with van der Waals surface area (Å²) >= 11 is 0. The van der Waals surface area contributed by atoms with Crippen molar-refractivity contribution in [3.8, 4) is 5.75 Å². The van der Waals surface area contributed by atoms with Gasteiger partial charge in [0.2, 0.25) is 15.7 Å². The lowest BCUT2D eigenvalue weighted by atomic mass is 10.1. The Kier molecular flexibility index (Phi) is 6.90. The molecular weight excluding hydrogens is 439 g/mol. The smallest absolute Gasteiger partial charge is 0.342 e. The number of aliphatic carboxylic acids is 1. The third-order valence-corrected chi connectivity index (χ3v) is 6.72. The van der Waals surface area contributed by atoms with Crippen molar-refractivity contribution in [1.82, 2.24) is 14.7 Å². The molecule has 2 aromatic rings. The zero-order valence-corrected chi connectivity index (χ0v) is 18.2.